The first-order valence-electron chi connectivity index (χ1n) is 2.33. The highest BCUT2D eigenvalue weighted by Crippen LogP contribution is 1.96. The Morgan fingerprint density at radius 3 is 2.67 bits per heavy atom. The van der Waals surface area contributed by atoms with E-state index >= 15 is 0 Å². The summed E-state index contributed by atoms with van der Waals surface area (Å²) in [5.41, 5.74) is 0.611. The third kappa shape index (κ3) is 1.39. The van der Waals surface area contributed by atoms with Crippen LogP contribution in [0.3, 0.4) is 0 Å². The van der Waals surface area contributed by atoms with Crippen molar-refractivity contribution in [2.75, 3.05) is 5.32 Å². The van der Waals surface area contributed by atoms with Crippen molar-refractivity contribution in [1.82, 2.24) is 9.97 Å². The molecule has 4 heteroatoms. The Labute approximate surface area is 52.2 Å². The lowest BCUT2D eigenvalue weighted by Crippen LogP contribution is -1.87. The van der Waals surface area contributed by atoms with Crippen molar-refractivity contribution in [2.45, 2.75) is 0 Å². The highest BCUT2D eigenvalue weighted by atomic mass is 14.9. The van der Waals surface area contributed by atoms with Gasteiger partial charge in [-0.1, -0.05) is 0 Å². The molecule has 0 amide bonds. The molecule has 9 heavy (non-hydrogen) atoms. The summed E-state index contributed by atoms with van der Waals surface area (Å²) in [6, 6.07) is 0. The average Bonchev–Trinajstić information content (AvgIpc) is 1.91. The van der Waals surface area contributed by atoms with Crippen LogP contribution in [0.1, 0.15) is 0 Å². The summed E-state index contributed by atoms with van der Waals surface area (Å²) >= 11 is 0. The van der Waals surface area contributed by atoms with Gasteiger partial charge in [0.15, 0.2) is 6.19 Å². The van der Waals surface area contributed by atoms with Gasteiger partial charge < -0.3 is 0 Å². The molecule has 44 valence electrons. The molecule has 1 aromatic rings. The minimum atomic E-state index is 0.611. The Bertz CT molecular complexity index is 212. The Hall–Kier alpha value is -1.63. The Morgan fingerprint density at radius 2 is 2.11 bits per heavy atom. The quantitative estimate of drug-likeness (QED) is 0.429. The van der Waals surface area contributed by atoms with E-state index < -0.39 is 0 Å². The largest absolute Gasteiger partial charge is 0.290 e. The minimum absolute atomic E-state index is 0.611. The fourth-order valence-corrected chi connectivity index (χ4v) is 0.428. The fraction of sp³-hybridized carbons (Fsp3) is 0. The molecule has 0 aliphatic carbocycles. The van der Waals surface area contributed by atoms with E-state index in [1.807, 2.05) is 0 Å². The maximum absolute atomic E-state index is 8.10. The second kappa shape index (κ2) is 2.62. The number of aromatic nitrogens is 2. The van der Waals surface area contributed by atoms with Gasteiger partial charge in [0.05, 0.1) is 18.1 Å². The molecule has 0 spiro atoms. The van der Waals surface area contributed by atoms with E-state index in [-0.39, 0.29) is 0 Å². The predicted molar refractivity (Wildman–Crippen MR) is 31.3 cm³/mol. The van der Waals surface area contributed by atoms with Crippen molar-refractivity contribution >= 4 is 5.69 Å². The molecule has 0 atom stereocenters. The summed E-state index contributed by atoms with van der Waals surface area (Å²) in [5.74, 6) is 0. The van der Waals surface area contributed by atoms with Gasteiger partial charge in [-0.05, 0) is 0 Å². The molecule has 0 radical (unpaired) electrons. The lowest BCUT2D eigenvalue weighted by molar-refractivity contribution is 1.17. The van der Waals surface area contributed by atoms with Gasteiger partial charge in [0.1, 0.15) is 6.33 Å². The molecule has 0 aliphatic heterocycles. The molecule has 1 N–H and O–H groups in total. The van der Waals surface area contributed by atoms with Crippen LogP contribution in [0.25, 0.3) is 0 Å². The van der Waals surface area contributed by atoms with Gasteiger partial charge in [0.2, 0.25) is 0 Å². The molecular weight excluding hydrogens is 116 g/mol. The molecule has 0 fully saturated rings. The van der Waals surface area contributed by atoms with Crippen molar-refractivity contribution in [2.24, 2.45) is 0 Å². The van der Waals surface area contributed by atoms with Gasteiger partial charge in [-0.3, -0.25) is 5.32 Å². The summed E-state index contributed by atoms with van der Waals surface area (Å²) < 4.78 is 0. The summed E-state index contributed by atoms with van der Waals surface area (Å²) in [7, 11) is 0. The first kappa shape index (κ1) is 5.51. The first-order chi connectivity index (χ1) is 4.43. The molecule has 1 aromatic heterocycles. The van der Waals surface area contributed by atoms with E-state index in [1.54, 1.807) is 6.19 Å². The lowest BCUT2D eigenvalue weighted by Gasteiger charge is -1.89. The summed E-state index contributed by atoms with van der Waals surface area (Å²) in [6.45, 7) is 0. The van der Waals surface area contributed by atoms with Crippen molar-refractivity contribution < 1.29 is 0 Å². The number of nitriles is 1. The average molecular weight is 120 g/mol. The summed E-state index contributed by atoms with van der Waals surface area (Å²) in [4.78, 5) is 7.36. The molecule has 4 nitrogen and oxygen atoms in total. The Kier molecular flexibility index (Phi) is 1.60. The predicted octanol–water partition coefficient (Wildman–Crippen LogP) is 0.370. The summed E-state index contributed by atoms with van der Waals surface area (Å²) in [5, 5.41) is 10.5. The number of nitrogens with zero attached hydrogens (tertiary/aromatic N) is 3. The van der Waals surface area contributed by atoms with Crippen LogP contribution in [-0.2, 0) is 0 Å². The van der Waals surface area contributed by atoms with Gasteiger partial charge in [-0.25, -0.2) is 9.97 Å². The van der Waals surface area contributed by atoms with Gasteiger partial charge >= 0.3 is 0 Å². The van der Waals surface area contributed by atoms with E-state index in [9.17, 15) is 0 Å². The molecule has 0 aromatic carbocycles. The molecule has 0 unspecified atom stereocenters. The normalized spacial score (nSPS) is 7.89. The molecule has 1 heterocycles. The van der Waals surface area contributed by atoms with Crippen LogP contribution in [0.2, 0.25) is 0 Å². The molecular formula is C5H4N4. The number of rotatable bonds is 1. The third-order valence-corrected chi connectivity index (χ3v) is 0.761. The van der Waals surface area contributed by atoms with E-state index in [1.165, 1.54) is 18.7 Å². The lowest BCUT2D eigenvalue weighted by atomic mass is 10.5. The SMILES string of the molecule is N#CNc1cncnc1. The first-order valence-corrected chi connectivity index (χ1v) is 2.33. The maximum Gasteiger partial charge on any atom is 0.181 e. The van der Waals surface area contributed by atoms with E-state index in [0.717, 1.165) is 0 Å². The zero-order valence-corrected chi connectivity index (χ0v) is 4.57. The second-order valence-corrected chi connectivity index (χ2v) is 1.36. The van der Waals surface area contributed by atoms with Crippen LogP contribution < -0.4 is 5.32 Å². The molecule has 1 rings (SSSR count). The molecule has 0 saturated carbocycles. The Morgan fingerprint density at radius 1 is 1.44 bits per heavy atom. The monoisotopic (exact) mass is 120 g/mol. The smallest absolute Gasteiger partial charge is 0.181 e. The standard InChI is InChI=1S/C5H4N4/c6-3-9-5-1-7-4-8-2-5/h1-2,4,9H. The topological polar surface area (TPSA) is 61.6 Å². The zero-order chi connectivity index (χ0) is 6.53. The second-order valence-electron chi connectivity index (χ2n) is 1.36. The molecule has 0 bridgehead atoms. The molecule has 0 aliphatic rings. The number of nitrogens with one attached hydrogen (secondary N) is 1. The fourth-order valence-electron chi connectivity index (χ4n) is 0.428. The highest BCUT2D eigenvalue weighted by molar-refractivity contribution is 5.40. The van der Waals surface area contributed by atoms with E-state index in [4.69, 9.17) is 5.26 Å². The van der Waals surface area contributed by atoms with Crippen molar-refractivity contribution in [3.05, 3.63) is 18.7 Å². The highest BCUT2D eigenvalue weighted by Gasteiger charge is 1.84. The minimum Gasteiger partial charge on any atom is -0.290 e. The zero-order valence-electron chi connectivity index (χ0n) is 4.57. The van der Waals surface area contributed by atoms with Gasteiger partial charge in [0.25, 0.3) is 0 Å². The van der Waals surface area contributed by atoms with Crippen LogP contribution in [-0.4, -0.2) is 9.97 Å². The van der Waals surface area contributed by atoms with Crippen LogP contribution in [0.5, 0.6) is 0 Å². The van der Waals surface area contributed by atoms with Gasteiger partial charge in [-0.2, -0.15) is 5.26 Å². The number of anilines is 1. The summed E-state index contributed by atoms with van der Waals surface area (Å²) in [6.07, 6.45) is 6.21. The van der Waals surface area contributed by atoms with Crippen molar-refractivity contribution in [3.8, 4) is 6.19 Å². The van der Waals surface area contributed by atoms with Crippen LogP contribution in [0.4, 0.5) is 5.69 Å². The van der Waals surface area contributed by atoms with Crippen LogP contribution in [0.15, 0.2) is 18.7 Å². The van der Waals surface area contributed by atoms with E-state index in [0.29, 0.717) is 5.69 Å². The van der Waals surface area contributed by atoms with Crippen LogP contribution >= 0.6 is 0 Å². The third-order valence-electron chi connectivity index (χ3n) is 0.761. The molecule has 0 saturated heterocycles. The number of hydrogen-bond donors (Lipinski definition) is 1. The van der Waals surface area contributed by atoms with Crippen LogP contribution in [0, 0.1) is 11.5 Å². The van der Waals surface area contributed by atoms with Gasteiger partial charge in [-0.15, -0.1) is 0 Å². The van der Waals surface area contributed by atoms with Crippen molar-refractivity contribution in [1.29, 1.82) is 5.26 Å². The van der Waals surface area contributed by atoms with Crippen molar-refractivity contribution in [3.63, 3.8) is 0 Å². The van der Waals surface area contributed by atoms with E-state index in [2.05, 4.69) is 15.3 Å². The Balaban J connectivity index is 2.76. The van der Waals surface area contributed by atoms with Gasteiger partial charge in [0, 0.05) is 0 Å². The number of hydrogen-bond acceptors (Lipinski definition) is 4. The maximum atomic E-state index is 8.10.